The van der Waals surface area contributed by atoms with E-state index in [9.17, 15) is 17.1 Å². The first-order valence-electron chi connectivity index (χ1n) is 8.65. The number of benzene rings is 1. The van der Waals surface area contributed by atoms with Crippen molar-refractivity contribution in [2.45, 2.75) is 39.0 Å². The summed E-state index contributed by atoms with van der Waals surface area (Å²) in [5.74, 6) is 1.78. The minimum atomic E-state index is -4.67. The van der Waals surface area contributed by atoms with E-state index in [-0.39, 0.29) is 6.09 Å². The van der Waals surface area contributed by atoms with Gasteiger partial charge in [0.15, 0.2) is 0 Å². The quantitative estimate of drug-likeness (QED) is 0.581. The number of hydrogen-bond donors (Lipinski definition) is 0. The van der Waals surface area contributed by atoms with Gasteiger partial charge in [-0.05, 0) is 51.0 Å². The molecule has 1 aliphatic heterocycles. The minimum Gasteiger partial charge on any atom is -0.444 e. The highest BCUT2D eigenvalue weighted by Crippen LogP contribution is 2.28. The van der Waals surface area contributed by atoms with Crippen molar-refractivity contribution in [1.82, 2.24) is 4.90 Å². The van der Waals surface area contributed by atoms with E-state index >= 15 is 0 Å². The number of hydrogen-bond acceptors (Lipinski definition) is 5. The van der Waals surface area contributed by atoms with Crippen LogP contribution in [0.15, 0.2) is 12.1 Å². The lowest BCUT2D eigenvalue weighted by Crippen LogP contribution is -2.50. The molecule has 0 saturated carbocycles. The van der Waals surface area contributed by atoms with Crippen molar-refractivity contribution in [3.8, 4) is 12.3 Å². The van der Waals surface area contributed by atoms with Crippen LogP contribution in [0.25, 0.3) is 0 Å². The Kier molecular flexibility index (Phi) is 6.05. The van der Waals surface area contributed by atoms with Gasteiger partial charge in [0, 0.05) is 37.4 Å². The number of rotatable bonds is 3. The highest BCUT2D eigenvalue weighted by atomic mass is 32.3. The molecular formula is C19H25FN2O4S. The van der Waals surface area contributed by atoms with Gasteiger partial charge in [0.25, 0.3) is 0 Å². The molecule has 27 heavy (non-hydrogen) atoms. The zero-order chi connectivity index (χ0) is 20.4. The topological polar surface area (TPSA) is 66.9 Å². The van der Waals surface area contributed by atoms with Crippen molar-refractivity contribution in [1.29, 1.82) is 0 Å². The Balaban J connectivity index is 2.19. The van der Waals surface area contributed by atoms with E-state index in [2.05, 4.69) is 5.92 Å². The zero-order valence-corrected chi connectivity index (χ0v) is 16.9. The van der Waals surface area contributed by atoms with E-state index in [1.54, 1.807) is 17.9 Å². The van der Waals surface area contributed by atoms with Gasteiger partial charge in [-0.2, -0.15) is 8.42 Å². The van der Waals surface area contributed by atoms with E-state index in [1.165, 1.54) is 6.07 Å². The van der Waals surface area contributed by atoms with Gasteiger partial charge in [0.05, 0.1) is 0 Å². The Labute approximate surface area is 160 Å². The van der Waals surface area contributed by atoms with E-state index in [4.69, 9.17) is 11.2 Å². The van der Waals surface area contributed by atoms with E-state index in [1.807, 2.05) is 25.7 Å². The highest BCUT2D eigenvalue weighted by molar-refractivity contribution is 7.85. The van der Waals surface area contributed by atoms with Crippen LogP contribution in [0.2, 0.25) is 0 Å². The molecule has 0 radical (unpaired) electrons. The fraction of sp³-hybridized carbons (Fsp3) is 0.526. The Morgan fingerprint density at radius 3 is 2.33 bits per heavy atom. The van der Waals surface area contributed by atoms with Gasteiger partial charge in [0.1, 0.15) is 11.4 Å². The van der Waals surface area contributed by atoms with Gasteiger partial charge in [-0.1, -0.05) is 5.92 Å². The molecular weight excluding hydrogens is 371 g/mol. The van der Waals surface area contributed by atoms with Gasteiger partial charge in [0.2, 0.25) is 0 Å². The van der Waals surface area contributed by atoms with Crippen LogP contribution in [0.5, 0.6) is 0 Å². The average molecular weight is 396 g/mol. The molecule has 8 heteroatoms. The number of amides is 1. The molecule has 1 aromatic rings. The van der Waals surface area contributed by atoms with Crippen LogP contribution in [-0.4, -0.2) is 51.2 Å². The number of carbonyl (C=O) groups excluding carboxylic acids is 1. The van der Waals surface area contributed by atoms with Crippen molar-refractivity contribution in [3.63, 3.8) is 0 Å². The summed E-state index contributed by atoms with van der Waals surface area (Å²) in [5, 5.41) is 0. The molecule has 6 nitrogen and oxygen atoms in total. The van der Waals surface area contributed by atoms with Crippen LogP contribution in [0.3, 0.4) is 0 Å². The second-order valence-electron chi connectivity index (χ2n) is 7.56. The Morgan fingerprint density at radius 1 is 1.26 bits per heavy atom. The number of anilines is 1. The zero-order valence-electron chi connectivity index (χ0n) is 16.1. The predicted octanol–water partition coefficient (Wildman–Crippen LogP) is 2.83. The lowest BCUT2D eigenvalue weighted by molar-refractivity contribution is 0.0240. The average Bonchev–Trinajstić information content (AvgIpc) is 2.54. The largest absolute Gasteiger partial charge is 0.444 e. The Morgan fingerprint density at radius 2 is 1.85 bits per heavy atom. The Hall–Kier alpha value is -2.27. The molecule has 0 aliphatic carbocycles. The van der Waals surface area contributed by atoms with Crippen molar-refractivity contribution in [2.75, 3.05) is 31.1 Å². The highest BCUT2D eigenvalue weighted by Gasteiger charge is 2.27. The first kappa shape index (κ1) is 21.0. The van der Waals surface area contributed by atoms with Gasteiger partial charge in [-0.3, -0.25) is 0 Å². The molecule has 0 N–H and O–H groups in total. The number of halogens is 1. The standard InChI is InChI=1S/C19H25FN2O4S/c1-6-15-11-16(13-27(20,24)25)14(2)17(12-15)21-7-9-22(10-8-21)18(23)26-19(3,4)5/h1,11-12H,7-10,13H2,2-5H3. The third kappa shape index (κ3) is 5.86. The third-order valence-electron chi connectivity index (χ3n) is 4.25. The van der Waals surface area contributed by atoms with Crippen molar-refractivity contribution in [2.24, 2.45) is 0 Å². The Bertz CT molecular complexity index is 861. The predicted molar refractivity (Wildman–Crippen MR) is 103 cm³/mol. The maximum absolute atomic E-state index is 13.2. The van der Waals surface area contributed by atoms with E-state index in [0.717, 1.165) is 5.69 Å². The fourth-order valence-electron chi connectivity index (χ4n) is 2.96. The summed E-state index contributed by atoms with van der Waals surface area (Å²) in [6.45, 7) is 9.20. The number of piperazine rings is 1. The first-order chi connectivity index (χ1) is 12.4. The lowest BCUT2D eigenvalue weighted by Gasteiger charge is -2.37. The second-order valence-corrected chi connectivity index (χ2v) is 8.93. The smallest absolute Gasteiger partial charge is 0.410 e. The van der Waals surface area contributed by atoms with Gasteiger partial charge in [-0.15, -0.1) is 10.3 Å². The van der Waals surface area contributed by atoms with Gasteiger partial charge in [-0.25, -0.2) is 4.79 Å². The van der Waals surface area contributed by atoms with Crippen LogP contribution in [0.1, 0.15) is 37.5 Å². The monoisotopic (exact) mass is 396 g/mol. The molecule has 0 unspecified atom stereocenters. The number of carbonyl (C=O) groups is 1. The first-order valence-corrected chi connectivity index (χ1v) is 10.2. The summed E-state index contributed by atoms with van der Waals surface area (Å²) < 4.78 is 40.7. The number of terminal acetylenes is 1. The van der Waals surface area contributed by atoms with Crippen LogP contribution in [0, 0.1) is 19.3 Å². The maximum atomic E-state index is 13.2. The number of ether oxygens (including phenoxy) is 1. The molecule has 1 amide bonds. The van der Waals surface area contributed by atoms with E-state index < -0.39 is 21.6 Å². The van der Waals surface area contributed by atoms with Crippen LogP contribution in [0.4, 0.5) is 14.4 Å². The van der Waals surface area contributed by atoms with Crippen LogP contribution in [-0.2, 0) is 20.7 Å². The number of nitrogens with zero attached hydrogens (tertiary/aromatic N) is 2. The summed E-state index contributed by atoms with van der Waals surface area (Å²) in [5.41, 5.74) is 1.70. The molecule has 148 valence electrons. The summed E-state index contributed by atoms with van der Waals surface area (Å²) >= 11 is 0. The summed E-state index contributed by atoms with van der Waals surface area (Å²) in [7, 11) is -4.67. The molecule has 0 aromatic heterocycles. The van der Waals surface area contributed by atoms with Crippen molar-refractivity contribution in [3.05, 3.63) is 28.8 Å². The SMILES string of the molecule is C#Cc1cc(CS(=O)(=O)F)c(C)c(N2CCN(C(=O)OC(C)(C)C)CC2)c1. The summed E-state index contributed by atoms with van der Waals surface area (Å²) in [4.78, 5) is 15.8. The molecule has 1 heterocycles. The van der Waals surface area contributed by atoms with Gasteiger partial charge < -0.3 is 14.5 Å². The molecule has 0 spiro atoms. The van der Waals surface area contributed by atoms with E-state index in [0.29, 0.717) is 42.9 Å². The molecule has 2 rings (SSSR count). The maximum Gasteiger partial charge on any atom is 0.410 e. The second kappa shape index (κ2) is 7.77. The van der Waals surface area contributed by atoms with Crippen LogP contribution < -0.4 is 4.90 Å². The van der Waals surface area contributed by atoms with Crippen molar-refractivity contribution >= 4 is 22.0 Å². The third-order valence-corrected chi connectivity index (χ3v) is 4.91. The molecule has 1 aromatic carbocycles. The van der Waals surface area contributed by atoms with Crippen LogP contribution >= 0.6 is 0 Å². The normalized spacial score (nSPS) is 15.4. The van der Waals surface area contributed by atoms with Crippen molar-refractivity contribution < 1.29 is 21.8 Å². The molecule has 1 aliphatic rings. The fourth-order valence-corrected chi connectivity index (χ4v) is 3.63. The molecule has 1 fully saturated rings. The summed E-state index contributed by atoms with van der Waals surface area (Å²) in [6.07, 6.45) is 5.11. The van der Waals surface area contributed by atoms with Gasteiger partial charge >= 0.3 is 16.3 Å². The molecule has 0 bridgehead atoms. The minimum absolute atomic E-state index is 0.345. The summed E-state index contributed by atoms with van der Waals surface area (Å²) in [6, 6.07) is 3.31. The molecule has 1 saturated heterocycles. The molecule has 0 atom stereocenters. The lowest BCUT2D eigenvalue weighted by atomic mass is 10.0.